The molecule has 1 aliphatic heterocycles. The number of carboxylic acid groups (broad SMARTS) is 1. The average molecular weight is 415 g/mol. The van der Waals surface area contributed by atoms with Gasteiger partial charge < -0.3 is 24.1 Å². The first-order chi connectivity index (χ1) is 14.5. The minimum atomic E-state index is -0.812. The highest BCUT2D eigenvalue weighted by atomic mass is 16.5. The molecule has 2 aromatic carbocycles. The van der Waals surface area contributed by atoms with Crippen LogP contribution in [0, 0.1) is 0 Å². The number of methoxy groups -OCH3 is 4. The molecular formula is C23H29NO6. The SMILES string of the molecule is COc1ccc(C(c2ccc(OC)c(OC)c2OC)N2CCCCC2C(=O)O)cc1. The van der Waals surface area contributed by atoms with Gasteiger partial charge in [0.1, 0.15) is 11.8 Å². The smallest absolute Gasteiger partial charge is 0.320 e. The zero-order chi connectivity index (χ0) is 21.7. The second-order valence-corrected chi connectivity index (χ2v) is 7.19. The summed E-state index contributed by atoms with van der Waals surface area (Å²) in [5.74, 6) is 1.50. The van der Waals surface area contributed by atoms with Crippen LogP contribution in [0.25, 0.3) is 0 Å². The van der Waals surface area contributed by atoms with Gasteiger partial charge in [0.25, 0.3) is 0 Å². The zero-order valence-electron chi connectivity index (χ0n) is 17.9. The van der Waals surface area contributed by atoms with Gasteiger partial charge in [-0.2, -0.15) is 0 Å². The van der Waals surface area contributed by atoms with Gasteiger partial charge in [0.15, 0.2) is 11.5 Å². The van der Waals surface area contributed by atoms with E-state index in [-0.39, 0.29) is 6.04 Å². The van der Waals surface area contributed by atoms with Gasteiger partial charge >= 0.3 is 5.97 Å². The third kappa shape index (κ3) is 4.16. The largest absolute Gasteiger partial charge is 0.497 e. The summed E-state index contributed by atoms with van der Waals surface area (Å²) >= 11 is 0. The Hall–Kier alpha value is -2.93. The van der Waals surface area contributed by atoms with E-state index in [2.05, 4.69) is 0 Å². The van der Waals surface area contributed by atoms with Gasteiger partial charge in [-0.3, -0.25) is 9.69 Å². The van der Waals surface area contributed by atoms with E-state index >= 15 is 0 Å². The van der Waals surface area contributed by atoms with Crippen LogP contribution >= 0.6 is 0 Å². The van der Waals surface area contributed by atoms with Crippen molar-refractivity contribution >= 4 is 5.97 Å². The maximum atomic E-state index is 12.1. The van der Waals surface area contributed by atoms with E-state index in [1.54, 1.807) is 28.4 Å². The van der Waals surface area contributed by atoms with Gasteiger partial charge in [0, 0.05) is 5.56 Å². The highest BCUT2D eigenvalue weighted by Crippen LogP contribution is 2.46. The lowest BCUT2D eigenvalue weighted by Gasteiger charge is -2.40. The number of rotatable bonds is 8. The molecular weight excluding hydrogens is 386 g/mol. The monoisotopic (exact) mass is 415 g/mol. The maximum absolute atomic E-state index is 12.1. The fraction of sp³-hybridized carbons (Fsp3) is 0.435. The molecule has 0 saturated carbocycles. The molecule has 1 aliphatic rings. The Morgan fingerprint density at radius 2 is 1.63 bits per heavy atom. The third-order valence-corrected chi connectivity index (χ3v) is 5.62. The van der Waals surface area contributed by atoms with E-state index in [1.165, 1.54) is 0 Å². The van der Waals surface area contributed by atoms with Crippen LogP contribution in [0.5, 0.6) is 23.0 Å². The molecule has 1 heterocycles. The van der Waals surface area contributed by atoms with Gasteiger partial charge in [0.2, 0.25) is 5.75 Å². The number of piperidine rings is 1. The minimum absolute atomic E-state index is 0.327. The van der Waals surface area contributed by atoms with Crippen LogP contribution in [-0.2, 0) is 4.79 Å². The van der Waals surface area contributed by atoms with Crippen molar-refractivity contribution in [3.05, 3.63) is 47.5 Å². The lowest BCUT2D eigenvalue weighted by Crippen LogP contribution is -2.46. The summed E-state index contributed by atoms with van der Waals surface area (Å²) in [5.41, 5.74) is 1.78. The van der Waals surface area contributed by atoms with E-state index in [0.717, 1.165) is 29.7 Å². The molecule has 0 amide bonds. The van der Waals surface area contributed by atoms with E-state index < -0.39 is 12.0 Å². The van der Waals surface area contributed by atoms with Gasteiger partial charge in [-0.25, -0.2) is 0 Å². The Bertz CT molecular complexity index is 867. The lowest BCUT2D eigenvalue weighted by molar-refractivity contribution is -0.145. The summed E-state index contributed by atoms with van der Waals surface area (Å²) in [7, 11) is 6.34. The molecule has 0 aromatic heterocycles. The van der Waals surface area contributed by atoms with Crippen LogP contribution in [0.2, 0.25) is 0 Å². The molecule has 3 rings (SSSR count). The van der Waals surface area contributed by atoms with E-state index in [4.69, 9.17) is 18.9 Å². The number of likely N-dealkylation sites (tertiary alicyclic amines) is 1. The van der Waals surface area contributed by atoms with Crippen molar-refractivity contribution in [2.75, 3.05) is 35.0 Å². The molecule has 7 nitrogen and oxygen atoms in total. The number of carboxylic acids is 1. The van der Waals surface area contributed by atoms with Crippen LogP contribution in [-0.4, -0.2) is 57.0 Å². The van der Waals surface area contributed by atoms with Crippen molar-refractivity contribution in [1.82, 2.24) is 4.90 Å². The summed E-state index contributed by atoms with van der Waals surface area (Å²) < 4.78 is 22.0. The van der Waals surface area contributed by atoms with Crippen molar-refractivity contribution in [3.8, 4) is 23.0 Å². The molecule has 0 bridgehead atoms. The van der Waals surface area contributed by atoms with Crippen LogP contribution < -0.4 is 18.9 Å². The van der Waals surface area contributed by atoms with Crippen LogP contribution in [0.4, 0.5) is 0 Å². The fourth-order valence-electron chi connectivity index (χ4n) is 4.20. The quantitative estimate of drug-likeness (QED) is 0.704. The summed E-state index contributed by atoms with van der Waals surface area (Å²) in [4.78, 5) is 14.1. The molecule has 1 saturated heterocycles. The van der Waals surface area contributed by atoms with Crippen LogP contribution in [0.3, 0.4) is 0 Å². The Labute approximate surface area is 177 Å². The standard InChI is InChI=1S/C23H29NO6/c1-27-16-10-8-15(9-11-16)20(24-14-6-5-7-18(24)23(25)26)17-12-13-19(28-2)22(30-4)21(17)29-3/h8-13,18,20H,5-7,14H2,1-4H3,(H,25,26). The summed E-state index contributed by atoms with van der Waals surface area (Å²) in [5, 5.41) is 9.91. The summed E-state index contributed by atoms with van der Waals surface area (Å²) in [6.07, 6.45) is 2.44. The minimum Gasteiger partial charge on any atom is -0.497 e. The van der Waals surface area contributed by atoms with Crippen molar-refractivity contribution in [2.45, 2.75) is 31.3 Å². The second-order valence-electron chi connectivity index (χ2n) is 7.19. The first-order valence-electron chi connectivity index (χ1n) is 9.97. The number of ether oxygens (including phenoxy) is 4. The number of benzene rings is 2. The van der Waals surface area contributed by atoms with Crippen molar-refractivity contribution in [3.63, 3.8) is 0 Å². The fourth-order valence-corrected chi connectivity index (χ4v) is 4.20. The van der Waals surface area contributed by atoms with E-state index in [9.17, 15) is 9.90 Å². The predicted molar refractivity (Wildman–Crippen MR) is 113 cm³/mol. The Morgan fingerprint density at radius 1 is 0.933 bits per heavy atom. The van der Waals surface area contributed by atoms with Gasteiger partial charge in [-0.05, 0) is 49.2 Å². The summed E-state index contributed by atoms with van der Waals surface area (Å²) in [6.45, 7) is 0.672. The van der Waals surface area contributed by atoms with Gasteiger partial charge in [0.05, 0.1) is 34.5 Å². The highest BCUT2D eigenvalue weighted by Gasteiger charge is 2.37. The molecule has 2 aromatic rings. The summed E-state index contributed by atoms with van der Waals surface area (Å²) in [6, 6.07) is 10.5. The number of hydrogen-bond donors (Lipinski definition) is 1. The molecule has 0 radical (unpaired) electrons. The molecule has 0 spiro atoms. The first-order valence-corrected chi connectivity index (χ1v) is 9.97. The molecule has 2 atom stereocenters. The molecule has 7 heteroatoms. The van der Waals surface area contributed by atoms with Crippen molar-refractivity contribution in [2.24, 2.45) is 0 Å². The third-order valence-electron chi connectivity index (χ3n) is 5.62. The predicted octanol–water partition coefficient (Wildman–Crippen LogP) is 3.75. The Morgan fingerprint density at radius 3 is 2.20 bits per heavy atom. The molecule has 2 unspecified atom stereocenters. The molecule has 162 valence electrons. The topological polar surface area (TPSA) is 77.5 Å². The lowest BCUT2D eigenvalue weighted by atomic mass is 9.90. The highest BCUT2D eigenvalue weighted by molar-refractivity contribution is 5.74. The molecule has 0 aliphatic carbocycles. The molecule has 30 heavy (non-hydrogen) atoms. The number of carbonyl (C=O) groups is 1. The Balaban J connectivity index is 2.20. The molecule has 1 fully saturated rings. The van der Waals surface area contributed by atoms with Crippen molar-refractivity contribution < 1.29 is 28.8 Å². The number of aliphatic carboxylic acids is 1. The Kier molecular flexibility index (Phi) is 7.05. The van der Waals surface area contributed by atoms with E-state index in [1.807, 2.05) is 41.3 Å². The van der Waals surface area contributed by atoms with Gasteiger partial charge in [-0.15, -0.1) is 0 Å². The normalized spacial score (nSPS) is 17.8. The van der Waals surface area contributed by atoms with Gasteiger partial charge in [-0.1, -0.05) is 18.6 Å². The maximum Gasteiger partial charge on any atom is 0.320 e. The van der Waals surface area contributed by atoms with Crippen LogP contribution in [0.15, 0.2) is 36.4 Å². The molecule has 1 N–H and O–H groups in total. The number of nitrogens with zero attached hydrogens (tertiary/aromatic N) is 1. The second kappa shape index (κ2) is 9.71. The zero-order valence-corrected chi connectivity index (χ0v) is 17.9. The number of hydrogen-bond acceptors (Lipinski definition) is 6. The van der Waals surface area contributed by atoms with Crippen molar-refractivity contribution in [1.29, 1.82) is 0 Å². The average Bonchev–Trinajstić information content (AvgIpc) is 2.79. The first kappa shape index (κ1) is 21.8. The van der Waals surface area contributed by atoms with E-state index in [0.29, 0.717) is 30.2 Å². The van der Waals surface area contributed by atoms with Crippen LogP contribution in [0.1, 0.15) is 36.4 Å².